The fraction of sp³-hybridized carbons (Fsp3) is 0.615. The number of nitrogens with zero attached hydrogens (tertiary/aromatic N) is 3. The number of alkyl carbamates (subject to hydrolysis) is 1. The molecule has 0 aromatic heterocycles. The van der Waals surface area contributed by atoms with Gasteiger partial charge in [0.2, 0.25) is 0 Å². The van der Waals surface area contributed by atoms with Gasteiger partial charge in [-0.2, -0.15) is 10.5 Å². The van der Waals surface area contributed by atoms with Crippen molar-refractivity contribution < 1.29 is 32.2 Å². The molecule has 0 fully saturated rings. The molecule has 2 atom stereocenters. The third kappa shape index (κ3) is 13.4. The van der Waals surface area contributed by atoms with Crippen LogP contribution in [0.2, 0.25) is 0 Å². The van der Waals surface area contributed by atoms with Gasteiger partial charge in [-0.25, -0.2) is 9.59 Å². The standard InChI is InChI=1S/C26H40F3N5O4/c1-6-13-22(37-26(27,28)29)20(2)34(32-30)24(36)33(19-16-21-14-9-7-10-15-21)18-12-8-11-17-31-23(35)38-25(3,4)5/h6-7,9-10,14-15,20,22,30H,1,8,11-13,16-19H2,2-5H3,(H,31,35)/t20?,22-/m1/s1. The summed E-state index contributed by atoms with van der Waals surface area (Å²) in [4.78, 5) is 26.6. The Balaban J connectivity index is 2.83. The van der Waals surface area contributed by atoms with Crippen LogP contribution in [0.3, 0.4) is 0 Å². The molecular weight excluding hydrogens is 503 g/mol. The van der Waals surface area contributed by atoms with Crippen molar-refractivity contribution in [3.05, 3.63) is 48.6 Å². The van der Waals surface area contributed by atoms with Crippen LogP contribution in [-0.2, 0) is 15.9 Å². The van der Waals surface area contributed by atoms with Crippen LogP contribution in [-0.4, -0.2) is 65.8 Å². The molecule has 1 aromatic rings. The smallest absolute Gasteiger partial charge is 0.444 e. The van der Waals surface area contributed by atoms with Crippen molar-refractivity contribution in [1.82, 2.24) is 15.2 Å². The number of alkyl halides is 3. The first kappa shape index (κ1) is 32.9. The van der Waals surface area contributed by atoms with Crippen LogP contribution in [0.1, 0.15) is 58.9 Å². The third-order valence-electron chi connectivity index (χ3n) is 5.47. The SMILES string of the molecule is C=CC[C@@H](OC(F)(F)F)C(C)N(N=N)C(=O)N(CCCCCNC(=O)OC(C)(C)C)CCc1ccccc1. The Kier molecular flexibility index (Phi) is 13.8. The van der Waals surface area contributed by atoms with Gasteiger partial charge < -0.3 is 15.0 Å². The Labute approximate surface area is 222 Å². The van der Waals surface area contributed by atoms with Gasteiger partial charge in [0.15, 0.2) is 0 Å². The van der Waals surface area contributed by atoms with E-state index in [4.69, 9.17) is 10.3 Å². The molecule has 3 amide bonds. The monoisotopic (exact) mass is 543 g/mol. The average molecular weight is 544 g/mol. The number of carbonyl (C=O) groups excluding carboxylic acids is 2. The van der Waals surface area contributed by atoms with Gasteiger partial charge in [0.25, 0.3) is 0 Å². The summed E-state index contributed by atoms with van der Waals surface area (Å²) in [5, 5.41) is 6.65. The van der Waals surface area contributed by atoms with Gasteiger partial charge in [0.05, 0.1) is 12.1 Å². The predicted molar refractivity (Wildman–Crippen MR) is 137 cm³/mol. The zero-order valence-electron chi connectivity index (χ0n) is 22.6. The second-order valence-electron chi connectivity index (χ2n) is 9.81. The zero-order chi connectivity index (χ0) is 28.8. The summed E-state index contributed by atoms with van der Waals surface area (Å²) < 4.78 is 48.2. The maximum absolute atomic E-state index is 13.4. The molecule has 2 N–H and O–H groups in total. The Morgan fingerprint density at radius 3 is 2.34 bits per heavy atom. The minimum absolute atomic E-state index is 0.186. The number of hydrogen-bond donors (Lipinski definition) is 2. The third-order valence-corrected chi connectivity index (χ3v) is 5.47. The quantitative estimate of drug-likeness (QED) is 0.114. The van der Waals surface area contributed by atoms with Crippen molar-refractivity contribution in [2.24, 2.45) is 5.22 Å². The summed E-state index contributed by atoms with van der Waals surface area (Å²) >= 11 is 0. The predicted octanol–water partition coefficient (Wildman–Crippen LogP) is 6.46. The van der Waals surface area contributed by atoms with E-state index < -0.39 is 36.2 Å². The fourth-order valence-corrected chi connectivity index (χ4v) is 3.61. The molecule has 0 aliphatic heterocycles. The maximum Gasteiger partial charge on any atom is 0.522 e. The minimum Gasteiger partial charge on any atom is -0.444 e. The second kappa shape index (κ2) is 16.0. The molecule has 0 aliphatic rings. The molecule has 0 saturated carbocycles. The number of benzene rings is 1. The molecular formula is C26H40F3N5O4. The number of amides is 3. The molecule has 214 valence electrons. The van der Waals surface area contributed by atoms with Crippen molar-refractivity contribution >= 4 is 12.1 Å². The number of nitrogens with one attached hydrogen (secondary N) is 2. The van der Waals surface area contributed by atoms with Crippen molar-refractivity contribution in [3.63, 3.8) is 0 Å². The van der Waals surface area contributed by atoms with Gasteiger partial charge in [-0.15, -0.1) is 19.8 Å². The van der Waals surface area contributed by atoms with Crippen molar-refractivity contribution in [2.45, 2.75) is 83.9 Å². The van der Waals surface area contributed by atoms with Crippen LogP contribution in [0, 0.1) is 5.53 Å². The molecule has 0 bridgehead atoms. The molecule has 1 unspecified atom stereocenters. The molecule has 12 heteroatoms. The van der Waals surface area contributed by atoms with Crippen LogP contribution < -0.4 is 5.32 Å². The van der Waals surface area contributed by atoms with E-state index in [2.05, 4.69) is 21.9 Å². The topological polar surface area (TPSA) is 107 Å². The Bertz CT molecular complexity index is 878. The lowest BCUT2D eigenvalue weighted by Gasteiger charge is -2.34. The lowest BCUT2D eigenvalue weighted by Crippen LogP contribution is -2.50. The van der Waals surface area contributed by atoms with Crippen molar-refractivity contribution in [1.29, 1.82) is 5.53 Å². The van der Waals surface area contributed by atoms with Crippen LogP contribution in [0.25, 0.3) is 0 Å². The summed E-state index contributed by atoms with van der Waals surface area (Å²) in [6.45, 7) is 11.1. The number of hydrogen-bond acceptors (Lipinski definition) is 6. The Morgan fingerprint density at radius 2 is 1.79 bits per heavy atom. The van der Waals surface area contributed by atoms with E-state index in [9.17, 15) is 22.8 Å². The second-order valence-corrected chi connectivity index (χ2v) is 9.81. The van der Waals surface area contributed by atoms with E-state index in [0.717, 1.165) is 10.6 Å². The average Bonchev–Trinajstić information content (AvgIpc) is 2.81. The van der Waals surface area contributed by atoms with Crippen LogP contribution >= 0.6 is 0 Å². The molecule has 1 aromatic carbocycles. The molecule has 0 aliphatic carbocycles. The molecule has 0 radical (unpaired) electrons. The molecule has 38 heavy (non-hydrogen) atoms. The summed E-state index contributed by atoms with van der Waals surface area (Å²) in [5.74, 6) is 0. The van der Waals surface area contributed by atoms with Crippen LogP contribution in [0.5, 0.6) is 0 Å². The lowest BCUT2D eigenvalue weighted by atomic mass is 10.1. The number of urea groups is 1. The maximum atomic E-state index is 13.4. The van der Waals surface area contributed by atoms with Gasteiger partial charge in [-0.3, -0.25) is 4.74 Å². The van der Waals surface area contributed by atoms with E-state index in [0.29, 0.717) is 38.8 Å². The highest BCUT2D eigenvalue weighted by Crippen LogP contribution is 2.25. The van der Waals surface area contributed by atoms with Crippen molar-refractivity contribution in [3.8, 4) is 0 Å². The van der Waals surface area contributed by atoms with Crippen molar-refractivity contribution in [2.75, 3.05) is 19.6 Å². The largest absolute Gasteiger partial charge is 0.522 e. The highest BCUT2D eigenvalue weighted by molar-refractivity contribution is 5.74. The van der Waals surface area contributed by atoms with Gasteiger partial charge in [-0.1, -0.05) is 41.6 Å². The minimum atomic E-state index is -4.92. The highest BCUT2D eigenvalue weighted by Gasteiger charge is 2.39. The van der Waals surface area contributed by atoms with Gasteiger partial charge in [0.1, 0.15) is 5.60 Å². The Hall–Kier alpha value is -3.15. The van der Waals surface area contributed by atoms with Crippen LogP contribution in [0.4, 0.5) is 22.8 Å². The first-order valence-corrected chi connectivity index (χ1v) is 12.6. The normalized spacial score (nSPS) is 13.2. The molecule has 0 saturated heterocycles. The summed E-state index contributed by atoms with van der Waals surface area (Å²) in [6.07, 6.45) is -3.41. The molecule has 1 rings (SSSR count). The number of carbonyl (C=O) groups is 2. The Morgan fingerprint density at radius 1 is 1.13 bits per heavy atom. The van der Waals surface area contributed by atoms with E-state index in [1.165, 1.54) is 17.9 Å². The number of halogens is 3. The van der Waals surface area contributed by atoms with E-state index in [1.807, 2.05) is 30.3 Å². The first-order chi connectivity index (χ1) is 17.8. The summed E-state index contributed by atoms with van der Waals surface area (Å²) in [7, 11) is 0. The molecule has 9 nitrogen and oxygen atoms in total. The number of rotatable bonds is 15. The molecule has 0 heterocycles. The van der Waals surface area contributed by atoms with Gasteiger partial charge >= 0.3 is 18.5 Å². The van der Waals surface area contributed by atoms with E-state index in [-0.39, 0.29) is 13.0 Å². The first-order valence-electron chi connectivity index (χ1n) is 12.6. The number of unbranched alkanes of at least 4 members (excludes halogenated alkanes) is 2. The summed E-state index contributed by atoms with van der Waals surface area (Å²) in [5.41, 5.74) is 7.92. The highest BCUT2D eigenvalue weighted by atomic mass is 19.4. The van der Waals surface area contributed by atoms with E-state index in [1.54, 1.807) is 20.8 Å². The van der Waals surface area contributed by atoms with Gasteiger partial charge in [-0.05, 0) is 65.4 Å². The fourth-order valence-electron chi connectivity index (χ4n) is 3.61. The van der Waals surface area contributed by atoms with Gasteiger partial charge in [0, 0.05) is 19.6 Å². The number of ether oxygens (including phenoxy) is 2. The lowest BCUT2D eigenvalue weighted by molar-refractivity contribution is -0.346. The van der Waals surface area contributed by atoms with Crippen LogP contribution in [0.15, 0.2) is 48.2 Å². The molecule has 0 spiro atoms. The zero-order valence-corrected chi connectivity index (χ0v) is 22.6. The summed E-state index contributed by atoms with van der Waals surface area (Å²) in [6, 6.07) is 7.60. The van der Waals surface area contributed by atoms with E-state index >= 15 is 0 Å².